The van der Waals surface area contributed by atoms with Crippen LogP contribution in [0.15, 0.2) is 42.5 Å². The van der Waals surface area contributed by atoms with Crippen molar-refractivity contribution in [1.29, 1.82) is 0 Å². The van der Waals surface area contributed by atoms with Crippen molar-refractivity contribution in [1.82, 2.24) is 14.5 Å². The number of pyridine rings is 1. The second-order valence-electron chi connectivity index (χ2n) is 10.4. The van der Waals surface area contributed by atoms with Gasteiger partial charge in [0.15, 0.2) is 0 Å². The number of nitrogens with zero attached hydrogens (tertiary/aromatic N) is 4. The molecule has 0 spiro atoms. The summed E-state index contributed by atoms with van der Waals surface area (Å²) >= 11 is 0. The maximum atomic E-state index is 5.17. The summed E-state index contributed by atoms with van der Waals surface area (Å²) in [6.45, 7) is 15.3. The number of hydrogen-bond acceptors (Lipinski definition) is 3. The Labute approximate surface area is 204 Å². The minimum Gasteiger partial charge on any atom is -0.369 e. The Kier molecular flexibility index (Phi) is 6.11. The molecule has 0 N–H and O–H groups in total. The first kappa shape index (κ1) is 22.9. The number of fused-ring (bicyclic) bond motifs is 3. The predicted octanol–water partition coefficient (Wildman–Crippen LogP) is 6.58. The van der Waals surface area contributed by atoms with Gasteiger partial charge in [0, 0.05) is 30.7 Å². The van der Waals surface area contributed by atoms with Crippen LogP contribution in [0.3, 0.4) is 0 Å². The van der Waals surface area contributed by atoms with Crippen LogP contribution in [0, 0.1) is 33.6 Å². The van der Waals surface area contributed by atoms with E-state index in [0.29, 0.717) is 0 Å². The number of hydrogen-bond donors (Lipinski definition) is 0. The predicted molar refractivity (Wildman–Crippen MR) is 146 cm³/mol. The zero-order valence-corrected chi connectivity index (χ0v) is 21.7. The molecule has 178 valence electrons. The molecule has 1 fully saturated rings. The van der Waals surface area contributed by atoms with E-state index < -0.39 is 0 Å². The van der Waals surface area contributed by atoms with Crippen LogP contribution in [0.25, 0.3) is 27.6 Å². The lowest BCUT2D eigenvalue weighted by atomic mass is 10.0. The molecule has 0 aliphatic heterocycles. The van der Waals surface area contributed by atoms with Gasteiger partial charge in [-0.25, -0.2) is 4.98 Å². The van der Waals surface area contributed by atoms with Crippen LogP contribution in [0.1, 0.15) is 42.1 Å². The SMILES string of the molecule is CCN(C)CCN(CC1CC1)c1cc(C)nc2c1c1ccccc1n2-c1c(C)cc(C)cc1C. The van der Waals surface area contributed by atoms with Crippen LogP contribution in [0.4, 0.5) is 5.69 Å². The van der Waals surface area contributed by atoms with Crippen LogP contribution in [-0.4, -0.2) is 47.7 Å². The number of rotatable bonds is 8. The molecular weight excluding hydrogens is 416 g/mol. The molecule has 2 aromatic carbocycles. The Morgan fingerprint density at radius 1 is 0.971 bits per heavy atom. The van der Waals surface area contributed by atoms with E-state index in [-0.39, 0.29) is 0 Å². The summed E-state index contributed by atoms with van der Waals surface area (Å²) in [6.07, 6.45) is 2.72. The molecule has 0 radical (unpaired) electrons. The van der Waals surface area contributed by atoms with Gasteiger partial charge in [-0.1, -0.05) is 42.8 Å². The second-order valence-corrected chi connectivity index (χ2v) is 10.4. The van der Waals surface area contributed by atoms with Gasteiger partial charge in [0.25, 0.3) is 0 Å². The third-order valence-corrected chi connectivity index (χ3v) is 7.40. The van der Waals surface area contributed by atoms with E-state index >= 15 is 0 Å². The molecule has 5 rings (SSSR count). The number of aryl methyl sites for hydroxylation is 4. The number of benzene rings is 2. The summed E-state index contributed by atoms with van der Waals surface area (Å²) in [5, 5.41) is 2.59. The molecule has 4 aromatic rings. The molecule has 1 aliphatic carbocycles. The zero-order chi connectivity index (χ0) is 24.0. The van der Waals surface area contributed by atoms with E-state index in [1.165, 1.54) is 57.2 Å². The highest BCUT2D eigenvalue weighted by molar-refractivity contribution is 6.14. The van der Waals surface area contributed by atoms with E-state index in [0.717, 1.165) is 43.4 Å². The topological polar surface area (TPSA) is 24.3 Å². The molecule has 0 atom stereocenters. The molecule has 34 heavy (non-hydrogen) atoms. The van der Waals surface area contributed by atoms with Crippen molar-refractivity contribution in [2.75, 3.05) is 38.1 Å². The summed E-state index contributed by atoms with van der Waals surface area (Å²) < 4.78 is 2.42. The van der Waals surface area contributed by atoms with Gasteiger partial charge in [-0.15, -0.1) is 0 Å². The molecule has 1 saturated carbocycles. The normalized spacial score (nSPS) is 14.0. The Morgan fingerprint density at radius 3 is 2.35 bits per heavy atom. The lowest BCUT2D eigenvalue weighted by Gasteiger charge is -2.28. The fourth-order valence-corrected chi connectivity index (χ4v) is 5.43. The van der Waals surface area contributed by atoms with Crippen LogP contribution in [0.5, 0.6) is 0 Å². The van der Waals surface area contributed by atoms with Gasteiger partial charge in [-0.2, -0.15) is 0 Å². The molecule has 0 amide bonds. The lowest BCUT2D eigenvalue weighted by molar-refractivity contribution is 0.358. The zero-order valence-electron chi connectivity index (χ0n) is 21.7. The molecule has 0 bridgehead atoms. The first-order valence-electron chi connectivity index (χ1n) is 12.8. The third-order valence-electron chi connectivity index (χ3n) is 7.40. The Hall–Kier alpha value is -2.85. The summed E-state index contributed by atoms with van der Waals surface area (Å²) in [5.74, 6) is 0.824. The minimum absolute atomic E-state index is 0.824. The molecular formula is C30H38N4. The lowest BCUT2D eigenvalue weighted by Crippen LogP contribution is -2.34. The van der Waals surface area contributed by atoms with Gasteiger partial charge in [0.1, 0.15) is 5.65 Å². The quantitative estimate of drug-likeness (QED) is 0.300. The fourth-order valence-electron chi connectivity index (χ4n) is 5.43. The minimum atomic E-state index is 0.824. The largest absolute Gasteiger partial charge is 0.369 e. The van der Waals surface area contributed by atoms with E-state index in [2.05, 4.69) is 98.5 Å². The van der Waals surface area contributed by atoms with E-state index in [1.54, 1.807) is 0 Å². The van der Waals surface area contributed by atoms with Crippen molar-refractivity contribution >= 4 is 27.6 Å². The molecule has 2 aromatic heterocycles. The van der Waals surface area contributed by atoms with Gasteiger partial charge in [-0.3, -0.25) is 4.57 Å². The van der Waals surface area contributed by atoms with Gasteiger partial charge >= 0.3 is 0 Å². The van der Waals surface area contributed by atoms with Gasteiger partial charge in [-0.05, 0) is 83.3 Å². The summed E-state index contributed by atoms with van der Waals surface area (Å²) in [4.78, 5) is 10.2. The van der Waals surface area contributed by atoms with Crippen molar-refractivity contribution in [3.63, 3.8) is 0 Å². The molecule has 0 saturated heterocycles. The average Bonchev–Trinajstić information content (AvgIpc) is 3.57. The highest BCUT2D eigenvalue weighted by atomic mass is 15.2. The summed E-state index contributed by atoms with van der Waals surface area (Å²) in [6, 6.07) is 15.8. The van der Waals surface area contributed by atoms with Crippen LogP contribution in [-0.2, 0) is 0 Å². The summed E-state index contributed by atoms with van der Waals surface area (Å²) in [7, 11) is 2.22. The molecule has 0 unspecified atom stereocenters. The van der Waals surface area contributed by atoms with Crippen molar-refractivity contribution in [3.05, 3.63) is 64.8 Å². The number of aromatic nitrogens is 2. The first-order chi connectivity index (χ1) is 16.4. The number of likely N-dealkylation sites (N-methyl/N-ethyl adjacent to an activating group) is 1. The van der Waals surface area contributed by atoms with Crippen molar-refractivity contribution in [2.45, 2.75) is 47.5 Å². The third kappa shape index (κ3) is 4.20. The smallest absolute Gasteiger partial charge is 0.147 e. The van der Waals surface area contributed by atoms with E-state index in [1.807, 2.05) is 0 Å². The van der Waals surface area contributed by atoms with E-state index in [4.69, 9.17) is 4.98 Å². The number of anilines is 1. The molecule has 2 heterocycles. The van der Waals surface area contributed by atoms with Crippen LogP contribution < -0.4 is 4.90 Å². The average molecular weight is 455 g/mol. The fraction of sp³-hybridized carbons (Fsp3) is 0.433. The van der Waals surface area contributed by atoms with Crippen molar-refractivity contribution < 1.29 is 0 Å². The van der Waals surface area contributed by atoms with Gasteiger partial charge in [0.2, 0.25) is 0 Å². The first-order valence-corrected chi connectivity index (χ1v) is 12.8. The van der Waals surface area contributed by atoms with Crippen molar-refractivity contribution in [3.8, 4) is 5.69 Å². The van der Waals surface area contributed by atoms with Gasteiger partial charge < -0.3 is 9.80 Å². The van der Waals surface area contributed by atoms with E-state index in [9.17, 15) is 0 Å². The maximum Gasteiger partial charge on any atom is 0.147 e. The highest BCUT2D eigenvalue weighted by Gasteiger charge is 2.27. The number of para-hydroxylation sites is 1. The van der Waals surface area contributed by atoms with Gasteiger partial charge in [0.05, 0.1) is 22.3 Å². The molecule has 4 nitrogen and oxygen atoms in total. The molecule has 4 heteroatoms. The maximum absolute atomic E-state index is 5.17. The monoisotopic (exact) mass is 454 g/mol. The molecule has 1 aliphatic rings. The van der Waals surface area contributed by atoms with Crippen LogP contribution in [0.2, 0.25) is 0 Å². The highest BCUT2D eigenvalue weighted by Crippen LogP contribution is 2.40. The van der Waals surface area contributed by atoms with Crippen LogP contribution >= 0.6 is 0 Å². The Morgan fingerprint density at radius 2 is 1.68 bits per heavy atom. The standard InChI is InChI=1S/C30H38N4/c1-7-32(6)14-15-33(19-24-12-13-24)27-18-23(5)31-30-28(27)25-10-8-9-11-26(25)34(30)29-21(3)16-20(2)17-22(29)4/h8-11,16-18,24H,7,12-15,19H2,1-6H3. The Balaban J connectivity index is 1.78. The van der Waals surface area contributed by atoms with Crippen molar-refractivity contribution in [2.24, 2.45) is 5.92 Å². The second kappa shape index (κ2) is 9.07. The Bertz CT molecular complexity index is 1320. The summed E-state index contributed by atoms with van der Waals surface area (Å²) in [5.41, 5.74) is 9.91.